The van der Waals surface area contributed by atoms with Crippen LogP contribution < -0.4 is 20.3 Å². The van der Waals surface area contributed by atoms with Crippen LogP contribution in [0.1, 0.15) is 37.7 Å². The van der Waals surface area contributed by atoms with Crippen LogP contribution >= 0.6 is 11.6 Å². The van der Waals surface area contributed by atoms with E-state index in [9.17, 15) is 9.18 Å². The summed E-state index contributed by atoms with van der Waals surface area (Å²) in [6.07, 6.45) is 5.03. The summed E-state index contributed by atoms with van der Waals surface area (Å²) in [5.41, 5.74) is 3.13. The van der Waals surface area contributed by atoms with Crippen molar-refractivity contribution >= 4 is 34.2 Å². The van der Waals surface area contributed by atoms with Crippen molar-refractivity contribution in [3.8, 4) is 11.5 Å². The minimum Gasteiger partial charge on any atom is -0.493 e. The number of hydrogen-bond donors (Lipinski definition) is 3. The summed E-state index contributed by atoms with van der Waals surface area (Å²) in [5, 5.41) is 12.6. The SMILES string of the molecule is COc1cc2ncnc(NCc3ccc(F)c(Cl)c3)c2cc1OCCCCCCC(=O)NO. The number of amides is 1. The Morgan fingerprint density at radius 3 is 2.70 bits per heavy atom. The van der Waals surface area contributed by atoms with Crippen LogP contribution in [0.15, 0.2) is 36.7 Å². The zero-order valence-corrected chi connectivity index (χ0v) is 19.0. The zero-order chi connectivity index (χ0) is 23.6. The average Bonchev–Trinajstić information content (AvgIpc) is 2.83. The molecular weight excluding hydrogens is 451 g/mol. The maximum atomic E-state index is 13.4. The van der Waals surface area contributed by atoms with Crippen molar-refractivity contribution < 1.29 is 23.9 Å². The standard InChI is InChI=1S/C23H26ClFN4O4/c1-32-20-12-19-16(11-21(20)33-9-5-3-2-4-6-22(30)29-31)23(28-14-27-19)26-13-15-7-8-18(25)17(24)10-15/h7-8,10-12,14,31H,2-6,9,13H2,1H3,(H,29,30)(H,26,27,28). The van der Waals surface area contributed by atoms with Gasteiger partial charge in [-0.2, -0.15) is 0 Å². The lowest BCUT2D eigenvalue weighted by Crippen LogP contribution is -2.17. The first-order chi connectivity index (χ1) is 16.0. The quantitative estimate of drug-likeness (QED) is 0.194. The van der Waals surface area contributed by atoms with E-state index < -0.39 is 5.82 Å². The molecule has 0 spiro atoms. The molecule has 176 valence electrons. The first kappa shape index (κ1) is 24.5. The van der Waals surface area contributed by atoms with Crippen molar-refractivity contribution in [2.45, 2.75) is 38.6 Å². The van der Waals surface area contributed by atoms with Crippen LogP contribution in [0, 0.1) is 5.82 Å². The number of aromatic nitrogens is 2. The molecule has 0 fully saturated rings. The van der Waals surface area contributed by atoms with Crippen LogP contribution in [-0.4, -0.2) is 34.8 Å². The van der Waals surface area contributed by atoms with E-state index >= 15 is 0 Å². The van der Waals surface area contributed by atoms with Crippen molar-refractivity contribution in [3.05, 3.63) is 53.1 Å². The first-order valence-corrected chi connectivity index (χ1v) is 11.0. The number of nitrogens with one attached hydrogen (secondary N) is 2. The number of benzene rings is 2. The monoisotopic (exact) mass is 476 g/mol. The molecule has 0 saturated carbocycles. The maximum absolute atomic E-state index is 13.4. The van der Waals surface area contributed by atoms with Gasteiger partial charge in [0, 0.05) is 24.4 Å². The van der Waals surface area contributed by atoms with Crippen molar-refractivity contribution in [2.24, 2.45) is 0 Å². The van der Waals surface area contributed by atoms with E-state index in [1.54, 1.807) is 30.8 Å². The Bertz CT molecular complexity index is 1100. The Balaban J connectivity index is 1.64. The number of halogens is 2. The van der Waals surface area contributed by atoms with Gasteiger partial charge in [-0.1, -0.05) is 30.5 Å². The van der Waals surface area contributed by atoms with E-state index in [1.807, 2.05) is 6.07 Å². The van der Waals surface area contributed by atoms with Crippen LogP contribution in [0.4, 0.5) is 10.2 Å². The van der Waals surface area contributed by atoms with Gasteiger partial charge < -0.3 is 14.8 Å². The Kier molecular flexibility index (Phi) is 9.03. The zero-order valence-electron chi connectivity index (χ0n) is 18.2. The number of fused-ring (bicyclic) bond motifs is 1. The Hall–Kier alpha value is -3.17. The minimum atomic E-state index is -0.461. The van der Waals surface area contributed by atoms with E-state index in [0.29, 0.717) is 48.8 Å². The summed E-state index contributed by atoms with van der Waals surface area (Å²) in [7, 11) is 1.57. The lowest BCUT2D eigenvalue weighted by molar-refractivity contribution is -0.129. The molecule has 10 heteroatoms. The summed E-state index contributed by atoms with van der Waals surface area (Å²) in [4.78, 5) is 19.7. The van der Waals surface area contributed by atoms with Gasteiger partial charge in [0.15, 0.2) is 11.5 Å². The van der Waals surface area contributed by atoms with Crippen LogP contribution in [0.3, 0.4) is 0 Å². The third kappa shape index (κ3) is 6.90. The Morgan fingerprint density at radius 2 is 1.94 bits per heavy atom. The molecule has 0 radical (unpaired) electrons. The van der Waals surface area contributed by atoms with Crippen molar-refractivity contribution in [2.75, 3.05) is 19.0 Å². The van der Waals surface area contributed by atoms with E-state index in [2.05, 4.69) is 15.3 Å². The highest BCUT2D eigenvalue weighted by molar-refractivity contribution is 6.30. The molecule has 0 aliphatic carbocycles. The molecule has 0 bridgehead atoms. The maximum Gasteiger partial charge on any atom is 0.243 e. The van der Waals surface area contributed by atoms with E-state index in [0.717, 1.165) is 30.2 Å². The topological polar surface area (TPSA) is 106 Å². The Morgan fingerprint density at radius 1 is 1.12 bits per heavy atom. The highest BCUT2D eigenvalue weighted by Gasteiger charge is 2.12. The molecule has 2 aromatic carbocycles. The number of unbranched alkanes of at least 4 members (excludes halogenated alkanes) is 3. The summed E-state index contributed by atoms with van der Waals surface area (Å²) >= 11 is 5.87. The summed E-state index contributed by atoms with van der Waals surface area (Å²) < 4.78 is 24.8. The van der Waals surface area contributed by atoms with E-state index in [-0.39, 0.29) is 10.9 Å². The van der Waals surface area contributed by atoms with Crippen molar-refractivity contribution in [1.29, 1.82) is 0 Å². The molecule has 3 rings (SSSR count). The third-order valence-corrected chi connectivity index (χ3v) is 5.33. The lowest BCUT2D eigenvalue weighted by Gasteiger charge is -2.14. The highest BCUT2D eigenvalue weighted by Crippen LogP contribution is 2.34. The number of anilines is 1. The van der Waals surface area contributed by atoms with Gasteiger partial charge in [0.2, 0.25) is 5.91 Å². The van der Waals surface area contributed by atoms with Gasteiger partial charge in [-0.15, -0.1) is 0 Å². The molecule has 0 unspecified atom stereocenters. The van der Waals surface area contributed by atoms with Gasteiger partial charge in [-0.25, -0.2) is 19.8 Å². The summed E-state index contributed by atoms with van der Waals surface area (Å²) in [5.74, 6) is 0.915. The highest BCUT2D eigenvalue weighted by atomic mass is 35.5. The fraction of sp³-hybridized carbons (Fsp3) is 0.348. The van der Waals surface area contributed by atoms with E-state index in [4.69, 9.17) is 26.3 Å². The lowest BCUT2D eigenvalue weighted by atomic mass is 10.1. The second-order valence-electron chi connectivity index (χ2n) is 7.39. The van der Waals surface area contributed by atoms with Crippen molar-refractivity contribution in [1.82, 2.24) is 15.4 Å². The van der Waals surface area contributed by atoms with Gasteiger partial charge in [0.05, 0.1) is 24.3 Å². The Labute approximate surface area is 196 Å². The van der Waals surface area contributed by atoms with Crippen LogP contribution in [0.25, 0.3) is 10.9 Å². The normalized spacial score (nSPS) is 10.8. The van der Waals surface area contributed by atoms with Gasteiger partial charge in [-0.05, 0) is 36.6 Å². The molecule has 0 aliphatic heterocycles. The van der Waals surface area contributed by atoms with Gasteiger partial charge in [-0.3, -0.25) is 10.0 Å². The molecule has 0 atom stereocenters. The third-order valence-electron chi connectivity index (χ3n) is 5.05. The van der Waals surface area contributed by atoms with E-state index in [1.165, 1.54) is 12.4 Å². The van der Waals surface area contributed by atoms with Crippen LogP contribution in [0.5, 0.6) is 11.5 Å². The number of ether oxygens (including phenoxy) is 2. The number of hydrogen-bond acceptors (Lipinski definition) is 7. The number of carbonyl (C=O) groups is 1. The number of rotatable bonds is 12. The van der Waals surface area contributed by atoms with Gasteiger partial charge in [0.1, 0.15) is 18.0 Å². The number of carbonyl (C=O) groups excluding carboxylic acids is 1. The smallest absolute Gasteiger partial charge is 0.243 e. The average molecular weight is 477 g/mol. The van der Waals surface area contributed by atoms with Gasteiger partial charge in [0.25, 0.3) is 0 Å². The largest absolute Gasteiger partial charge is 0.493 e. The van der Waals surface area contributed by atoms with Crippen LogP contribution in [0.2, 0.25) is 5.02 Å². The number of nitrogens with zero attached hydrogens (tertiary/aromatic N) is 2. The van der Waals surface area contributed by atoms with Gasteiger partial charge >= 0.3 is 0 Å². The molecule has 3 aromatic rings. The predicted molar refractivity (Wildman–Crippen MR) is 123 cm³/mol. The molecule has 0 saturated heterocycles. The number of hydroxylamine groups is 1. The molecule has 1 aromatic heterocycles. The summed E-state index contributed by atoms with van der Waals surface area (Å²) in [6.45, 7) is 0.890. The molecule has 1 heterocycles. The summed E-state index contributed by atoms with van der Waals surface area (Å²) in [6, 6.07) is 8.18. The molecule has 1 amide bonds. The van der Waals surface area contributed by atoms with Crippen molar-refractivity contribution in [3.63, 3.8) is 0 Å². The molecular formula is C23H26ClFN4O4. The molecule has 0 aliphatic rings. The molecule has 33 heavy (non-hydrogen) atoms. The van der Waals surface area contributed by atoms with Crippen LogP contribution in [-0.2, 0) is 11.3 Å². The second kappa shape index (κ2) is 12.2. The fourth-order valence-corrected chi connectivity index (χ4v) is 3.49. The fourth-order valence-electron chi connectivity index (χ4n) is 3.29. The molecule has 3 N–H and O–H groups in total. The first-order valence-electron chi connectivity index (χ1n) is 10.6. The molecule has 8 nitrogen and oxygen atoms in total. The second-order valence-corrected chi connectivity index (χ2v) is 7.80. The minimum absolute atomic E-state index is 0.0685. The number of methoxy groups -OCH3 is 1. The predicted octanol–water partition coefficient (Wildman–Crippen LogP) is 4.88.